The molecule has 2 heterocycles. The number of ether oxygens (including phenoxy) is 2. The monoisotopic (exact) mass is 451 g/mol. The number of amides is 1. The highest BCUT2D eigenvalue weighted by Gasteiger charge is 2.35. The second-order valence-electron chi connectivity index (χ2n) is 6.04. The lowest BCUT2D eigenvalue weighted by Gasteiger charge is -2.27. The van der Waals surface area contributed by atoms with Gasteiger partial charge in [0.1, 0.15) is 22.9 Å². The van der Waals surface area contributed by atoms with Crippen molar-refractivity contribution in [1.29, 1.82) is 0 Å². The lowest BCUT2D eigenvalue weighted by atomic mass is 10.1. The van der Waals surface area contributed by atoms with Gasteiger partial charge in [-0.2, -0.15) is 18.2 Å². The molecule has 1 aliphatic heterocycles. The fraction of sp³-hybridized carbons (Fsp3) is 0.421. The molecule has 0 radical (unpaired) electrons. The predicted octanol–water partition coefficient (Wildman–Crippen LogP) is 3.29. The van der Waals surface area contributed by atoms with Gasteiger partial charge in [0, 0.05) is 31.8 Å². The second-order valence-corrected chi connectivity index (χ2v) is 6.04. The topological polar surface area (TPSA) is 88.6 Å². The Morgan fingerprint density at radius 3 is 2.81 bits per heavy atom. The van der Waals surface area contributed by atoms with Crippen LogP contribution in [0.15, 0.2) is 18.3 Å². The van der Waals surface area contributed by atoms with Gasteiger partial charge in [-0.15, -0.1) is 0 Å². The number of nitrogens with one attached hydrogen (secondary N) is 2. The van der Waals surface area contributed by atoms with Crippen molar-refractivity contribution in [2.75, 3.05) is 50.5 Å². The number of hydrogen-bond acceptors (Lipinski definition) is 7. The van der Waals surface area contributed by atoms with Crippen LogP contribution < -0.4 is 15.4 Å². The molecule has 31 heavy (non-hydrogen) atoms. The van der Waals surface area contributed by atoms with E-state index >= 15 is 4.39 Å². The number of aromatic nitrogens is 2. The number of carbonyl (C=O) groups excluding carboxylic acids is 1. The van der Waals surface area contributed by atoms with Crippen molar-refractivity contribution in [2.24, 2.45) is 0 Å². The van der Waals surface area contributed by atoms with Crippen LogP contribution in [-0.2, 0) is 10.9 Å². The summed E-state index contributed by atoms with van der Waals surface area (Å²) >= 11 is 0. The number of benzene rings is 1. The minimum absolute atomic E-state index is 0.00231. The van der Waals surface area contributed by atoms with E-state index in [1.807, 2.05) is 0 Å². The lowest BCUT2D eigenvalue weighted by Crippen LogP contribution is -2.41. The van der Waals surface area contributed by atoms with Crippen molar-refractivity contribution >= 4 is 23.4 Å². The molecule has 1 fully saturated rings. The summed E-state index contributed by atoms with van der Waals surface area (Å²) in [4.78, 5) is 20.8. The largest absolute Gasteiger partial charge is 0.495 e. The molecule has 12 heteroatoms. The number of alkyl halides is 3. The standard InChI is InChI=1S/C19H21F4N5O3/c1-3-24-16-12(19(21,22)23)10-25-18(27-16)26-14-9-13(20)11(8-15(14)30-2)17(29)28-4-6-31-7-5-28/h8-10H,3-7H2,1-2H3,(H2,24,25,26,27)/i2D3,8D,9D,10D/hD2. The highest BCUT2D eigenvalue weighted by Crippen LogP contribution is 2.35. The molecule has 0 bridgehead atoms. The Morgan fingerprint density at radius 1 is 1.42 bits per heavy atom. The number of hydrogen-bond donors (Lipinski definition) is 2. The first-order chi connectivity index (χ1) is 18.0. The fourth-order valence-corrected chi connectivity index (χ4v) is 2.61. The van der Waals surface area contributed by atoms with Crippen molar-refractivity contribution in [3.63, 3.8) is 0 Å². The van der Waals surface area contributed by atoms with E-state index < -0.39 is 77.5 Å². The Labute approximate surface area is 186 Å². The van der Waals surface area contributed by atoms with Crippen molar-refractivity contribution in [1.82, 2.24) is 14.9 Å². The van der Waals surface area contributed by atoms with E-state index in [2.05, 4.69) is 9.97 Å². The second kappa shape index (κ2) is 9.33. The molecule has 0 atom stereocenters. The first-order valence-electron chi connectivity index (χ1n) is 12.8. The van der Waals surface area contributed by atoms with Gasteiger partial charge in [-0.1, -0.05) is 0 Å². The summed E-state index contributed by atoms with van der Waals surface area (Å²) in [6.45, 7) is 1.15. The number of carbonyl (C=O) groups is 1. The minimum Gasteiger partial charge on any atom is -0.495 e. The van der Waals surface area contributed by atoms with Crippen LogP contribution in [0.2, 0.25) is 2.82 Å². The molecule has 168 valence electrons. The van der Waals surface area contributed by atoms with Gasteiger partial charge in [0.25, 0.3) is 5.91 Å². The first kappa shape index (κ1) is 14.0. The van der Waals surface area contributed by atoms with Gasteiger partial charge in [-0.25, -0.2) is 9.37 Å². The summed E-state index contributed by atoms with van der Waals surface area (Å²) in [6.07, 6.45) is -6.65. The number of halogens is 4. The average Bonchev–Trinajstić information content (AvgIpc) is 2.85. The Balaban J connectivity index is 2.27. The maximum atomic E-state index is 15.4. The summed E-state index contributed by atoms with van der Waals surface area (Å²) in [6, 6.07) is -2.48. The summed E-state index contributed by atoms with van der Waals surface area (Å²) in [5.41, 5.74) is -3.87. The molecule has 2 aromatic rings. The zero-order valence-corrected chi connectivity index (χ0v) is 16.0. The van der Waals surface area contributed by atoms with Crippen LogP contribution in [-0.4, -0.2) is 60.7 Å². The van der Waals surface area contributed by atoms with Crippen LogP contribution in [0, 0.1) is 5.82 Å². The SMILES string of the molecule is [2H]c1nc(N([2H])c2c([2H])c(F)c(C(=O)N3CCOCC3)c([2H])c2OC([2H])([2H])[2H])nc(N([2H])CC)c1C(F)(F)F. The Hall–Kier alpha value is -3.15. The normalized spacial score (nSPS) is 18.4. The van der Waals surface area contributed by atoms with Crippen molar-refractivity contribution in [3.05, 3.63) is 35.2 Å². The van der Waals surface area contributed by atoms with Gasteiger partial charge in [-0.05, 0) is 13.0 Å². The third kappa shape index (κ3) is 5.13. The zero-order chi connectivity index (χ0) is 29.4. The van der Waals surface area contributed by atoms with Crippen molar-refractivity contribution in [2.45, 2.75) is 13.1 Å². The quantitative estimate of drug-likeness (QED) is 0.652. The smallest absolute Gasteiger partial charge is 0.421 e. The Morgan fingerprint density at radius 2 is 2.16 bits per heavy atom. The summed E-state index contributed by atoms with van der Waals surface area (Å²) in [5, 5.41) is 0.153. The van der Waals surface area contributed by atoms with Crippen LogP contribution in [0.4, 0.5) is 35.0 Å². The van der Waals surface area contributed by atoms with Crippen LogP contribution in [0.5, 0.6) is 5.75 Å². The summed E-state index contributed by atoms with van der Waals surface area (Å²) in [7, 11) is -3.35. The van der Waals surface area contributed by atoms with Crippen molar-refractivity contribution in [3.8, 4) is 5.75 Å². The Bertz CT molecular complexity index is 1260. The van der Waals surface area contributed by atoms with Gasteiger partial charge in [-0.3, -0.25) is 4.79 Å². The lowest BCUT2D eigenvalue weighted by molar-refractivity contribution is -0.137. The van der Waals surface area contributed by atoms with E-state index in [0.717, 1.165) is 4.90 Å². The molecule has 0 aliphatic carbocycles. The first-order valence-corrected chi connectivity index (χ1v) is 8.89. The molecule has 1 aromatic heterocycles. The number of rotatable bonds is 6. The van der Waals surface area contributed by atoms with E-state index in [0.29, 0.717) is 0 Å². The van der Waals surface area contributed by atoms with Crippen LogP contribution in [0.25, 0.3) is 0 Å². The number of methoxy groups -OCH3 is 1. The molecule has 0 saturated carbocycles. The van der Waals surface area contributed by atoms with Gasteiger partial charge in [0.15, 0.2) is 2.82 Å². The molecule has 1 aliphatic rings. The van der Waals surface area contributed by atoms with E-state index in [9.17, 15) is 18.0 Å². The zero-order valence-electron chi connectivity index (χ0n) is 24.0. The highest BCUT2D eigenvalue weighted by atomic mass is 19.4. The average molecular weight is 451 g/mol. The molecule has 0 spiro atoms. The van der Waals surface area contributed by atoms with E-state index in [-0.39, 0.29) is 43.5 Å². The fourth-order valence-electron chi connectivity index (χ4n) is 2.61. The number of anilines is 3. The van der Waals surface area contributed by atoms with Gasteiger partial charge in [0.2, 0.25) is 5.95 Å². The molecule has 2 N–H and O–H groups in total. The van der Waals surface area contributed by atoms with E-state index in [4.69, 9.17) is 20.5 Å². The maximum Gasteiger partial charge on any atom is 0.421 e. The van der Waals surface area contributed by atoms with E-state index in [1.54, 1.807) is 0 Å². The summed E-state index contributed by atoms with van der Waals surface area (Å²) < 4.78 is 129. The van der Waals surface area contributed by atoms with Crippen molar-refractivity contribution < 1.29 is 42.9 Å². The molecule has 1 saturated heterocycles. The van der Waals surface area contributed by atoms with Gasteiger partial charge < -0.3 is 25.0 Å². The molecule has 3 rings (SSSR count). The van der Waals surface area contributed by atoms with Crippen LogP contribution in [0.1, 0.15) is 31.1 Å². The van der Waals surface area contributed by atoms with Crippen LogP contribution >= 0.6 is 0 Å². The Kier molecular flexibility index (Phi) is 4.22. The third-order valence-electron chi connectivity index (χ3n) is 4.02. The molecular weight excluding hydrogens is 422 g/mol. The maximum absolute atomic E-state index is 15.4. The third-order valence-corrected chi connectivity index (χ3v) is 4.02. The molecular formula is C19H21F4N5O3. The molecule has 0 unspecified atom stereocenters. The minimum atomic E-state index is -5.18. The predicted molar refractivity (Wildman–Crippen MR) is 104 cm³/mol. The molecule has 8 nitrogen and oxygen atoms in total. The van der Waals surface area contributed by atoms with Gasteiger partial charge >= 0.3 is 6.18 Å². The van der Waals surface area contributed by atoms with Crippen LogP contribution in [0.3, 0.4) is 0 Å². The van der Waals surface area contributed by atoms with E-state index in [1.165, 1.54) is 6.92 Å². The van der Waals surface area contributed by atoms with Gasteiger partial charge in [0.05, 0.1) is 39.7 Å². The molecule has 1 amide bonds. The number of morpholine rings is 1. The highest BCUT2D eigenvalue weighted by molar-refractivity contribution is 5.96. The summed E-state index contributed by atoms with van der Waals surface area (Å²) in [5.74, 6) is -6.11. The number of nitrogens with zero attached hydrogens (tertiary/aromatic N) is 3. The molecule has 1 aromatic carbocycles.